The van der Waals surface area contributed by atoms with Crippen LogP contribution in [-0.4, -0.2) is 18.3 Å². The molecule has 1 aromatic carbocycles. The van der Waals surface area contributed by atoms with Crippen molar-refractivity contribution in [1.82, 2.24) is 10.6 Å². The summed E-state index contributed by atoms with van der Waals surface area (Å²) >= 11 is 7.90. The number of nitrogens with one attached hydrogen (secondary N) is 2. The van der Waals surface area contributed by atoms with E-state index in [0.717, 1.165) is 27.7 Å². The molecule has 1 aromatic rings. The standard InChI is InChI=1S/C11H11ClN2OS/c12-8-3-1-2-7-9(8)16-5-4-11(7)10(15)13-6-14-11/h1-3,14H,4-6H2,(H,13,15). The number of hydrogen-bond donors (Lipinski definition) is 2. The number of fused-ring (bicyclic) bond motifs is 2. The van der Waals surface area contributed by atoms with Crippen LogP contribution in [-0.2, 0) is 10.3 Å². The number of amides is 1. The number of rotatable bonds is 0. The predicted molar refractivity (Wildman–Crippen MR) is 64.6 cm³/mol. The Balaban J connectivity index is 2.20. The van der Waals surface area contributed by atoms with E-state index in [0.29, 0.717) is 6.67 Å². The fourth-order valence-corrected chi connectivity index (χ4v) is 3.91. The van der Waals surface area contributed by atoms with E-state index < -0.39 is 5.54 Å². The van der Waals surface area contributed by atoms with Gasteiger partial charge >= 0.3 is 0 Å². The molecule has 0 saturated carbocycles. The third-order valence-corrected chi connectivity index (χ3v) is 4.74. The van der Waals surface area contributed by atoms with Crippen LogP contribution in [0.15, 0.2) is 23.1 Å². The van der Waals surface area contributed by atoms with Gasteiger partial charge in [-0.25, -0.2) is 0 Å². The Morgan fingerprint density at radius 1 is 1.44 bits per heavy atom. The van der Waals surface area contributed by atoms with Gasteiger partial charge < -0.3 is 5.32 Å². The second-order valence-electron chi connectivity index (χ2n) is 3.98. The van der Waals surface area contributed by atoms with Crippen LogP contribution in [0.2, 0.25) is 5.02 Å². The second-order valence-corrected chi connectivity index (χ2v) is 5.49. The van der Waals surface area contributed by atoms with Crippen molar-refractivity contribution in [2.75, 3.05) is 12.4 Å². The molecule has 0 bridgehead atoms. The van der Waals surface area contributed by atoms with Crippen molar-refractivity contribution in [3.8, 4) is 0 Å². The molecule has 1 amide bonds. The van der Waals surface area contributed by atoms with Crippen molar-refractivity contribution in [2.24, 2.45) is 0 Å². The van der Waals surface area contributed by atoms with E-state index in [1.165, 1.54) is 0 Å². The second kappa shape index (κ2) is 3.65. The van der Waals surface area contributed by atoms with Crippen molar-refractivity contribution in [3.05, 3.63) is 28.8 Å². The maximum Gasteiger partial charge on any atom is 0.246 e. The van der Waals surface area contributed by atoms with Crippen LogP contribution in [0.1, 0.15) is 12.0 Å². The number of hydrogen-bond acceptors (Lipinski definition) is 3. The molecule has 1 saturated heterocycles. The van der Waals surface area contributed by atoms with Gasteiger partial charge in [0.05, 0.1) is 11.7 Å². The van der Waals surface area contributed by atoms with Crippen molar-refractivity contribution in [3.63, 3.8) is 0 Å². The molecule has 3 nitrogen and oxygen atoms in total. The molecule has 2 N–H and O–H groups in total. The zero-order valence-corrected chi connectivity index (χ0v) is 10.1. The van der Waals surface area contributed by atoms with Crippen LogP contribution in [0.25, 0.3) is 0 Å². The first kappa shape index (κ1) is 10.4. The highest BCUT2D eigenvalue weighted by Crippen LogP contribution is 2.44. The number of carbonyl (C=O) groups excluding carboxylic acids is 1. The Bertz CT molecular complexity index is 465. The highest BCUT2D eigenvalue weighted by molar-refractivity contribution is 7.99. The van der Waals surface area contributed by atoms with Crippen LogP contribution in [0, 0.1) is 0 Å². The third kappa shape index (κ3) is 1.30. The monoisotopic (exact) mass is 254 g/mol. The highest BCUT2D eigenvalue weighted by Gasteiger charge is 2.46. The first-order chi connectivity index (χ1) is 7.74. The van der Waals surface area contributed by atoms with Gasteiger partial charge in [-0.05, 0) is 18.1 Å². The van der Waals surface area contributed by atoms with Crippen LogP contribution >= 0.6 is 23.4 Å². The number of thioether (sulfide) groups is 1. The topological polar surface area (TPSA) is 41.1 Å². The summed E-state index contributed by atoms with van der Waals surface area (Å²) in [6.07, 6.45) is 0.816. The van der Waals surface area contributed by atoms with Crippen LogP contribution < -0.4 is 10.6 Å². The largest absolute Gasteiger partial charge is 0.342 e. The molecule has 84 valence electrons. The maximum atomic E-state index is 12.0. The molecule has 16 heavy (non-hydrogen) atoms. The number of benzene rings is 1. The van der Waals surface area contributed by atoms with Gasteiger partial charge in [0.25, 0.3) is 0 Å². The molecular weight excluding hydrogens is 244 g/mol. The average molecular weight is 255 g/mol. The lowest BCUT2D eigenvalue weighted by Gasteiger charge is -2.33. The zero-order valence-electron chi connectivity index (χ0n) is 8.55. The van der Waals surface area contributed by atoms with E-state index in [-0.39, 0.29) is 5.91 Å². The molecule has 1 atom stereocenters. The Kier molecular flexibility index (Phi) is 2.38. The molecule has 1 spiro atoms. The smallest absolute Gasteiger partial charge is 0.246 e. The first-order valence-electron chi connectivity index (χ1n) is 5.19. The normalized spacial score (nSPS) is 27.9. The quantitative estimate of drug-likeness (QED) is 0.741. The van der Waals surface area contributed by atoms with Gasteiger partial charge in [-0.15, -0.1) is 11.8 Å². The van der Waals surface area contributed by atoms with Crippen molar-refractivity contribution >= 4 is 29.3 Å². The maximum absolute atomic E-state index is 12.0. The van der Waals surface area contributed by atoms with Crippen LogP contribution in [0.4, 0.5) is 0 Å². The summed E-state index contributed by atoms with van der Waals surface area (Å²) in [5, 5.41) is 6.85. The fourth-order valence-electron chi connectivity index (χ4n) is 2.36. The number of carbonyl (C=O) groups is 1. The minimum absolute atomic E-state index is 0.0660. The summed E-state index contributed by atoms with van der Waals surface area (Å²) < 4.78 is 0. The molecule has 0 aromatic heterocycles. The summed E-state index contributed by atoms with van der Waals surface area (Å²) in [7, 11) is 0. The van der Waals surface area contributed by atoms with Gasteiger partial charge in [0.15, 0.2) is 0 Å². The minimum atomic E-state index is -0.550. The molecule has 5 heteroatoms. The molecule has 0 aliphatic carbocycles. The lowest BCUT2D eigenvalue weighted by Crippen LogP contribution is -2.45. The Morgan fingerprint density at radius 2 is 2.31 bits per heavy atom. The SMILES string of the molecule is O=C1NCNC12CCSc1c(Cl)cccc12. The molecule has 2 aliphatic rings. The van der Waals surface area contributed by atoms with Crippen molar-refractivity contribution in [1.29, 1.82) is 0 Å². The van der Waals surface area contributed by atoms with Crippen molar-refractivity contribution in [2.45, 2.75) is 16.9 Å². The number of halogens is 1. The van der Waals surface area contributed by atoms with E-state index in [1.807, 2.05) is 18.2 Å². The van der Waals surface area contributed by atoms with E-state index in [2.05, 4.69) is 10.6 Å². The third-order valence-electron chi connectivity index (χ3n) is 3.18. The molecule has 3 rings (SSSR count). The molecule has 1 unspecified atom stereocenters. The molecular formula is C11H11ClN2OS. The van der Waals surface area contributed by atoms with Gasteiger partial charge in [0.1, 0.15) is 5.54 Å². The van der Waals surface area contributed by atoms with Gasteiger partial charge in [0, 0.05) is 10.6 Å². The Morgan fingerprint density at radius 3 is 3.06 bits per heavy atom. The van der Waals surface area contributed by atoms with E-state index in [1.54, 1.807) is 11.8 Å². The van der Waals surface area contributed by atoms with Gasteiger partial charge in [-0.1, -0.05) is 23.7 Å². The van der Waals surface area contributed by atoms with Crippen molar-refractivity contribution < 1.29 is 4.79 Å². The lowest BCUT2D eigenvalue weighted by atomic mass is 9.87. The fraction of sp³-hybridized carbons (Fsp3) is 0.364. The highest BCUT2D eigenvalue weighted by atomic mass is 35.5. The summed E-state index contributed by atoms with van der Waals surface area (Å²) in [6, 6.07) is 5.77. The van der Waals surface area contributed by atoms with E-state index in [9.17, 15) is 4.79 Å². The summed E-state index contributed by atoms with van der Waals surface area (Å²) in [5.74, 6) is 0.980. The van der Waals surface area contributed by atoms with Crippen LogP contribution in [0.3, 0.4) is 0 Å². The average Bonchev–Trinajstić information content (AvgIpc) is 2.63. The molecule has 1 fully saturated rings. The van der Waals surface area contributed by atoms with Gasteiger partial charge in [0.2, 0.25) is 5.91 Å². The van der Waals surface area contributed by atoms with E-state index in [4.69, 9.17) is 11.6 Å². The first-order valence-corrected chi connectivity index (χ1v) is 6.55. The van der Waals surface area contributed by atoms with E-state index >= 15 is 0 Å². The molecule has 2 aliphatic heterocycles. The minimum Gasteiger partial charge on any atom is -0.342 e. The van der Waals surface area contributed by atoms with Gasteiger partial charge in [-0.3, -0.25) is 10.1 Å². The molecule has 2 heterocycles. The zero-order chi connectivity index (χ0) is 11.2. The lowest BCUT2D eigenvalue weighted by molar-refractivity contribution is -0.124. The van der Waals surface area contributed by atoms with Crippen LogP contribution in [0.5, 0.6) is 0 Å². The summed E-state index contributed by atoms with van der Waals surface area (Å²) in [6.45, 7) is 0.537. The van der Waals surface area contributed by atoms with Gasteiger partial charge in [-0.2, -0.15) is 0 Å². The molecule has 0 radical (unpaired) electrons. The summed E-state index contributed by atoms with van der Waals surface area (Å²) in [5.41, 5.74) is 0.470. The summed E-state index contributed by atoms with van der Waals surface area (Å²) in [4.78, 5) is 13.0. The Labute approximate surface area is 103 Å². The Hall–Kier alpha value is -0.710. The predicted octanol–water partition coefficient (Wildman–Crippen LogP) is 1.71.